The van der Waals surface area contributed by atoms with E-state index in [2.05, 4.69) is 10.8 Å². The highest BCUT2D eigenvalue weighted by Crippen LogP contribution is 2.26. The number of nitriles is 1. The molecule has 0 aliphatic heterocycles. The first-order valence-corrected chi connectivity index (χ1v) is 8.61. The molecule has 1 saturated carbocycles. The third-order valence-corrected chi connectivity index (χ3v) is 5.45. The number of hydrogen-bond donors (Lipinski definition) is 1. The zero-order chi connectivity index (χ0) is 14.6. The topological polar surface area (TPSA) is 70.0 Å². The van der Waals surface area contributed by atoms with Gasteiger partial charge in [-0.2, -0.15) is 5.26 Å². The molecule has 0 bridgehead atoms. The summed E-state index contributed by atoms with van der Waals surface area (Å²) in [6.45, 7) is 1.91. The average Bonchev–Trinajstić information content (AvgIpc) is 2.85. The maximum absolute atomic E-state index is 12.2. The van der Waals surface area contributed by atoms with E-state index in [4.69, 9.17) is 5.26 Å². The lowest BCUT2D eigenvalue weighted by molar-refractivity contribution is 0.512. The highest BCUT2D eigenvalue weighted by Gasteiger charge is 2.31. The van der Waals surface area contributed by atoms with Crippen molar-refractivity contribution in [1.29, 1.82) is 5.26 Å². The molecule has 0 saturated heterocycles. The van der Waals surface area contributed by atoms with Gasteiger partial charge in [-0.1, -0.05) is 43.7 Å². The largest absolute Gasteiger partial charge is 0.212 e. The molecule has 0 aromatic heterocycles. The third-order valence-electron chi connectivity index (χ3n) is 3.85. The Morgan fingerprint density at radius 1 is 1.35 bits per heavy atom. The van der Waals surface area contributed by atoms with Gasteiger partial charge in [-0.25, -0.2) is 13.1 Å². The second-order valence-corrected chi connectivity index (χ2v) is 7.28. The predicted octanol–water partition coefficient (Wildman–Crippen LogP) is 2.40. The molecule has 1 fully saturated rings. The fraction of sp³-hybridized carbons (Fsp3) is 0.533. The Kier molecular flexibility index (Phi) is 4.79. The van der Waals surface area contributed by atoms with Gasteiger partial charge in [0.1, 0.15) is 0 Å². The summed E-state index contributed by atoms with van der Waals surface area (Å²) in [6.07, 6.45) is 2.47. The first-order chi connectivity index (χ1) is 9.52. The van der Waals surface area contributed by atoms with E-state index in [1.807, 2.05) is 37.3 Å². The second-order valence-electron chi connectivity index (χ2n) is 5.48. The van der Waals surface area contributed by atoms with Crippen LogP contribution in [0.3, 0.4) is 0 Å². The van der Waals surface area contributed by atoms with Crippen LogP contribution < -0.4 is 4.72 Å². The minimum atomic E-state index is -3.36. The molecule has 5 heteroatoms. The summed E-state index contributed by atoms with van der Waals surface area (Å²) in [5.41, 5.74) is 1.01. The van der Waals surface area contributed by atoms with Crippen LogP contribution in [-0.2, 0) is 10.0 Å². The van der Waals surface area contributed by atoms with E-state index in [9.17, 15) is 8.42 Å². The van der Waals surface area contributed by atoms with Crippen LogP contribution in [0.5, 0.6) is 0 Å². The van der Waals surface area contributed by atoms with Crippen molar-refractivity contribution in [3.05, 3.63) is 35.9 Å². The molecule has 3 unspecified atom stereocenters. The standard InChI is InChI=1S/C15H20N2O2S/c1-12(13-6-3-2-4-7-13)11-20(18,19)17-15-9-5-8-14(15)10-16/h2-4,6-7,12,14-15,17H,5,8-9,11H2,1H3. The van der Waals surface area contributed by atoms with Crippen molar-refractivity contribution in [2.45, 2.75) is 38.1 Å². The summed E-state index contributed by atoms with van der Waals surface area (Å²) in [7, 11) is -3.36. The zero-order valence-corrected chi connectivity index (χ0v) is 12.4. The Morgan fingerprint density at radius 2 is 2.05 bits per heavy atom. The third kappa shape index (κ3) is 3.81. The van der Waals surface area contributed by atoms with Gasteiger partial charge in [-0.3, -0.25) is 0 Å². The lowest BCUT2D eigenvalue weighted by Crippen LogP contribution is -2.39. The van der Waals surface area contributed by atoms with Gasteiger partial charge >= 0.3 is 0 Å². The van der Waals surface area contributed by atoms with E-state index >= 15 is 0 Å². The number of nitrogens with zero attached hydrogens (tertiary/aromatic N) is 1. The maximum atomic E-state index is 12.2. The number of benzene rings is 1. The van der Waals surface area contributed by atoms with Crippen molar-refractivity contribution in [2.75, 3.05) is 5.75 Å². The highest BCUT2D eigenvalue weighted by atomic mass is 32.2. The van der Waals surface area contributed by atoms with Crippen molar-refractivity contribution in [3.8, 4) is 6.07 Å². The van der Waals surface area contributed by atoms with Gasteiger partial charge in [0, 0.05) is 6.04 Å². The van der Waals surface area contributed by atoms with Crippen LogP contribution in [0, 0.1) is 17.2 Å². The van der Waals surface area contributed by atoms with Crippen molar-refractivity contribution in [2.24, 2.45) is 5.92 Å². The van der Waals surface area contributed by atoms with Crippen LogP contribution in [0.2, 0.25) is 0 Å². The van der Waals surface area contributed by atoms with E-state index in [1.54, 1.807) is 0 Å². The fourth-order valence-electron chi connectivity index (χ4n) is 2.74. The highest BCUT2D eigenvalue weighted by molar-refractivity contribution is 7.89. The molecule has 2 rings (SSSR count). The van der Waals surface area contributed by atoms with Crippen LogP contribution in [0.1, 0.15) is 37.7 Å². The molecular formula is C15H20N2O2S. The molecule has 20 heavy (non-hydrogen) atoms. The summed E-state index contributed by atoms with van der Waals surface area (Å²) < 4.78 is 27.1. The molecule has 1 aromatic carbocycles. The normalized spacial score (nSPS) is 24.2. The Labute approximate surface area is 120 Å². The van der Waals surface area contributed by atoms with Crippen molar-refractivity contribution in [3.63, 3.8) is 0 Å². The van der Waals surface area contributed by atoms with E-state index in [1.165, 1.54) is 0 Å². The number of nitrogens with one attached hydrogen (secondary N) is 1. The quantitative estimate of drug-likeness (QED) is 0.906. The van der Waals surface area contributed by atoms with Crippen LogP contribution >= 0.6 is 0 Å². The first kappa shape index (κ1) is 15.0. The van der Waals surface area contributed by atoms with Crippen LogP contribution in [0.15, 0.2) is 30.3 Å². The maximum Gasteiger partial charge on any atom is 0.212 e. The molecule has 1 aromatic rings. The lowest BCUT2D eigenvalue weighted by Gasteiger charge is -2.18. The summed E-state index contributed by atoms with van der Waals surface area (Å²) in [5.74, 6) is -0.182. The molecule has 0 amide bonds. The Hall–Kier alpha value is -1.38. The Bertz CT molecular complexity index is 578. The van der Waals surface area contributed by atoms with Crippen molar-refractivity contribution < 1.29 is 8.42 Å². The molecule has 1 aliphatic carbocycles. The minimum absolute atomic E-state index is 0.0596. The van der Waals surface area contributed by atoms with Gasteiger partial charge in [-0.15, -0.1) is 0 Å². The number of rotatable bonds is 5. The number of sulfonamides is 1. The fourth-order valence-corrected chi connectivity index (χ4v) is 4.43. The van der Waals surface area contributed by atoms with Gasteiger partial charge in [0.25, 0.3) is 0 Å². The van der Waals surface area contributed by atoms with Crippen LogP contribution in [0.25, 0.3) is 0 Å². The van der Waals surface area contributed by atoms with E-state index in [0.717, 1.165) is 24.8 Å². The molecule has 0 heterocycles. The van der Waals surface area contributed by atoms with Gasteiger partial charge in [0.2, 0.25) is 10.0 Å². The van der Waals surface area contributed by atoms with Gasteiger partial charge in [-0.05, 0) is 24.3 Å². The van der Waals surface area contributed by atoms with E-state index in [0.29, 0.717) is 0 Å². The Morgan fingerprint density at radius 3 is 2.70 bits per heavy atom. The van der Waals surface area contributed by atoms with Crippen LogP contribution in [0.4, 0.5) is 0 Å². The smallest absolute Gasteiger partial charge is 0.212 e. The SMILES string of the molecule is CC(CS(=O)(=O)NC1CCCC1C#N)c1ccccc1. The number of hydrogen-bond acceptors (Lipinski definition) is 3. The molecule has 0 radical (unpaired) electrons. The zero-order valence-electron chi connectivity index (χ0n) is 11.6. The van der Waals surface area contributed by atoms with Crippen LogP contribution in [-0.4, -0.2) is 20.2 Å². The molecule has 1 aliphatic rings. The summed E-state index contributed by atoms with van der Waals surface area (Å²) >= 11 is 0. The van der Waals surface area contributed by atoms with E-state index < -0.39 is 10.0 Å². The monoisotopic (exact) mass is 292 g/mol. The second kappa shape index (κ2) is 6.38. The molecule has 4 nitrogen and oxygen atoms in total. The lowest BCUT2D eigenvalue weighted by atomic mass is 10.0. The van der Waals surface area contributed by atoms with Gasteiger partial charge < -0.3 is 0 Å². The molecule has 3 atom stereocenters. The van der Waals surface area contributed by atoms with Gasteiger partial charge in [0.05, 0.1) is 17.7 Å². The van der Waals surface area contributed by atoms with Crippen molar-refractivity contribution >= 4 is 10.0 Å². The summed E-state index contributed by atoms with van der Waals surface area (Å²) in [6, 6.07) is 11.6. The van der Waals surface area contributed by atoms with Gasteiger partial charge in [0.15, 0.2) is 0 Å². The van der Waals surface area contributed by atoms with Crippen molar-refractivity contribution in [1.82, 2.24) is 4.72 Å². The van der Waals surface area contributed by atoms with E-state index in [-0.39, 0.29) is 23.6 Å². The summed E-state index contributed by atoms with van der Waals surface area (Å²) in [4.78, 5) is 0. The molecule has 108 valence electrons. The first-order valence-electron chi connectivity index (χ1n) is 6.96. The molecular weight excluding hydrogens is 272 g/mol. The minimum Gasteiger partial charge on any atom is -0.212 e. The molecule has 0 spiro atoms. The predicted molar refractivity (Wildman–Crippen MR) is 78.5 cm³/mol. The summed E-state index contributed by atoms with van der Waals surface area (Å²) in [5, 5.41) is 9.01. The Balaban J connectivity index is 1.99. The average molecular weight is 292 g/mol. The molecule has 1 N–H and O–H groups in total.